The molecule has 0 radical (unpaired) electrons. The van der Waals surface area contributed by atoms with Crippen molar-refractivity contribution in [3.05, 3.63) is 44.1 Å². The first kappa shape index (κ1) is 35.9. The number of aliphatic hydroxyl groups excluding tert-OH is 2. The maximum Gasteiger partial charge on any atom is 0.336 e. The molecule has 0 aromatic carbocycles. The number of aliphatic hydroxyl groups is 2. The smallest absolute Gasteiger partial charge is 0.336 e. The fraction of sp³-hybridized carbons (Fsp3) is 0.733. The van der Waals surface area contributed by atoms with Crippen molar-refractivity contribution >= 4 is 17.8 Å². The average Bonchev–Trinajstić information content (AvgIpc) is 2.94. The van der Waals surface area contributed by atoms with E-state index in [0.717, 1.165) is 25.4 Å². The molecule has 242 valence electrons. The highest BCUT2D eigenvalue weighted by Gasteiger charge is 2.58. The highest BCUT2D eigenvalue weighted by atomic mass is 16.3. The second-order valence-corrected chi connectivity index (χ2v) is 12.8. The number of urea groups is 1. The largest absolute Gasteiger partial charge is 0.391 e. The molecule has 2 heterocycles. The second-order valence-electron chi connectivity index (χ2n) is 12.8. The van der Waals surface area contributed by atoms with Gasteiger partial charge >= 0.3 is 23.1 Å². The molecule has 2 unspecified atom stereocenters. The quantitative estimate of drug-likeness (QED) is 0.225. The first-order valence-electron chi connectivity index (χ1n) is 15.0. The van der Waals surface area contributed by atoms with Gasteiger partial charge in [0.25, 0.3) is 0 Å². The predicted octanol–water partition coefficient (Wildman–Crippen LogP) is 1.69. The lowest BCUT2D eigenvalue weighted by molar-refractivity contribution is -0.164. The lowest BCUT2D eigenvalue weighted by atomic mass is 9.76. The topological polar surface area (TPSA) is 164 Å². The summed E-state index contributed by atoms with van der Waals surface area (Å²) < 4.78 is 2.16. The number of aromatic nitrogens is 3. The average molecular weight is 608 g/mol. The van der Waals surface area contributed by atoms with Crippen molar-refractivity contribution in [2.45, 2.75) is 125 Å². The predicted molar refractivity (Wildman–Crippen MR) is 161 cm³/mol. The van der Waals surface area contributed by atoms with Gasteiger partial charge in [0.2, 0.25) is 11.8 Å². The van der Waals surface area contributed by atoms with Crippen molar-refractivity contribution in [2.24, 2.45) is 10.8 Å². The molecule has 1 saturated heterocycles. The molecule has 1 fully saturated rings. The number of hydrogen-bond donors (Lipinski definition) is 2. The van der Waals surface area contributed by atoms with Crippen molar-refractivity contribution < 1.29 is 24.6 Å². The zero-order chi connectivity index (χ0) is 33.1. The van der Waals surface area contributed by atoms with Gasteiger partial charge in [0.15, 0.2) is 0 Å². The number of imide groups is 2. The lowest BCUT2D eigenvalue weighted by Gasteiger charge is -2.49. The van der Waals surface area contributed by atoms with Gasteiger partial charge < -0.3 is 10.2 Å². The Bertz CT molecular complexity index is 1400. The van der Waals surface area contributed by atoms with Crippen molar-refractivity contribution in [1.29, 1.82) is 0 Å². The monoisotopic (exact) mass is 607 g/mol. The van der Waals surface area contributed by atoms with E-state index in [9.17, 15) is 39.0 Å². The Kier molecular flexibility index (Phi) is 11.3. The minimum atomic E-state index is -1.60. The molecule has 2 atom stereocenters. The fourth-order valence-electron chi connectivity index (χ4n) is 5.38. The van der Waals surface area contributed by atoms with E-state index in [2.05, 4.69) is 6.58 Å². The van der Waals surface area contributed by atoms with E-state index in [4.69, 9.17) is 0 Å². The van der Waals surface area contributed by atoms with Crippen LogP contribution in [-0.2, 0) is 29.2 Å². The van der Waals surface area contributed by atoms with Gasteiger partial charge in [-0.2, -0.15) is 0 Å². The van der Waals surface area contributed by atoms with Gasteiger partial charge in [0, 0.05) is 5.54 Å². The molecule has 0 saturated carbocycles. The number of carbonyl (C=O) groups is 3. The number of barbiturate groups is 1. The normalized spacial score (nSPS) is 17.4. The number of amides is 4. The molecule has 1 aliphatic heterocycles. The summed E-state index contributed by atoms with van der Waals surface area (Å²) in [6.45, 7) is 16.1. The number of β-amino-alcohol motifs (C(OH)–C–C–N with tert-alkyl or cyclic N) is 1. The van der Waals surface area contributed by atoms with E-state index >= 15 is 0 Å². The maximum atomic E-state index is 13.6. The standard InChI is InChI=1S/C30H49N5O8/c1-10-15-31-24(40)33(17-20(36)16-28(6,7)11-2)26(42)34(25(31)41)19-21(37)18-32-22(38)30(13-4,14-5)23(39)35(27(32)43)29(8,9)12-3/h10,20-21,36-37H,1,11-19H2,2-9H3. The molecule has 1 aromatic heterocycles. The third-order valence-corrected chi connectivity index (χ3v) is 8.99. The summed E-state index contributed by atoms with van der Waals surface area (Å²) in [5.41, 5.74) is -5.68. The Morgan fingerprint density at radius 3 is 1.67 bits per heavy atom. The highest BCUT2D eigenvalue weighted by Crippen LogP contribution is 2.39. The van der Waals surface area contributed by atoms with Gasteiger partial charge in [-0.15, -0.1) is 6.58 Å². The van der Waals surface area contributed by atoms with Crippen LogP contribution in [0, 0.1) is 10.8 Å². The van der Waals surface area contributed by atoms with Gasteiger partial charge in [-0.25, -0.2) is 32.9 Å². The zero-order valence-electron chi connectivity index (χ0n) is 26.9. The van der Waals surface area contributed by atoms with Crippen molar-refractivity contribution in [1.82, 2.24) is 23.5 Å². The molecule has 0 spiro atoms. The maximum absolute atomic E-state index is 13.6. The molecular formula is C30H49N5O8. The van der Waals surface area contributed by atoms with Crippen LogP contribution in [0.3, 0.4) is 0 Å². The number of rotatable bonds is 15. The summed E-state index contributed by atoms with van der Waals surface area (Å²) >= 11 is 0. The van der Waals surface area contributed by atoms with Gasteiger partial charge in [0.1, 0.15) is 5.41 Å². The SMILES string of the molecule is C=CCn1c(=O)n(CC(O)CN2C(=O)N(C(C)(C)CC)C(=O)C(CC)(CC)C2=O)c(=O)n(CC(O)CC(C)(C)CC)c1=O. The molecule has 1 aromatic rings. The van der Waals surface area contributed by atoms with Crippen LogP contribution < -0.4 is 17.1 Å². The molecule has 43 heavy (non-hydrogen) atoms. The van der Waals surface area contributed by atoms with E-state index in [0.29, 0.717) is 11.0 Å². The van der Waals surface area contributed by atoms with Crippen LogP contribution in [0.1, 0.15) is 87.5 Å². The summed E-state index contributed by atoms with van der Waals surface area (Å²) in [7, 11) is 0. The summed E-state index contributed by atoms with van der Waals surface area (Å²) in [6, 6.07) is -0.888. The van der Waals surface area contributed by atoms with E-state index < -0.39 is 71.2 Å². The lowest BCUT2D eigenvalue weighted by Crippen LogP contribution is -2.70. The summed E-state index contributed by atoms with van der Waals surface area (Å²) in [4.78, 5) is 82.4. The molecule has 13 heteroatoms. The number of allylic oxidation sites excluding steroid dienone is 1. The van der Waals surface area contributed by atoms with Crippen molar-refractivity contribution in [2.75, 3.05) is 6.54 Å². The second kappa shape index (κ2) is 13.5. The van der Waals surface area contributed by atoms with Crippen LogP contribution in [0.25, 0.3) is 0 Å². The Hall–Kier alpha value is -3.32. The third kappa shape index (κ3) is 6.93. The summed E-state index contributed by atoms with van der Waals surface area (Å²) in [5, 5.41) is 21.8. The van der Waals surface area contributed by atoms with Crippen LogP contribution in [0.5, 0.6) is 0 Å². The van der Waals surface area contributed by atoms with Gasteiger partial charge in [-0.1, -0.05) is 54.0 Å². The van der Waals surface area contributed by atoms with Crippen LogP contribution in [0.2, 0.25) is 0 Å². The van der Waals surface area contributed by atoms with Crippen molar-refractivity contribution in [3.8, 4) is 0 Å². The molecule has 0 bridgehead atoms. The summed E-state index contributed by atoms with van der Waals surface area (Å²) in [6.07, 6.45) is 0.342. The summed E-state index contributed by atoms with van der Waals surface area (Å²) in [5.74, 6) is -1.34. The van der Waals surface area contributed by atoms with Gasteiger partial charge in [-0.05, 0) is 44.9 Å². The molecular weight excluding hydrogens is 558 g/mol. The van der Waals surface area contributed by atoms with E-state index in [1.54, 1.807) is 27.7 Å². The number of hydrogen-bond acceptors (Lipinski definition) is 8. The van der Waals surface area contributed by atoms with Gasteiger partial charge in [0.05, 0.1) is 38.4 Å². The Morgan fingerprint density at radius 2 is 1.23 bits per heavy atom. The molecule has 4 amide bonds. The van der Waals surface area contributed by atoms with Crippen LogP contribution in [0.15, 0.2) is 27.0 Å². The Morgan fingerprint density at radius 1 is 0.744 bits per heavy atom. The molecule has 0 aliphatic carbocycles. The van der Waals surface area contributed by atoms with Crippen LogP contribution >= 0.6 is 0 Å². The van der Waals surface area contributed by atoms with E-state index in [-0.39, 0.29) is 37.8 Å². The highest BCUT2D eigenvalue weighted by molar-refractivity contribution is 6.19. The zero-order valence-corrected chi connectivity index (χ0v) is 26.9. The fourth-order valence-corrected chi connectivity index (χ4v) is 5.38. The Labute approximate surface area is 252 Å². The minimum Gasteiger partial charge on any atom is -0.391 e. The molecule has 13 nitrogen and oxygen atoms in total. The van der Waals surface area contributed by atoms with Crippen molar-refractivity contribution in [3.63, 3.8) is 0 Å². The molecule has 2 rings (SSSR count). The van der Waals surface area contributed by atoms with E-state index in [1.807, 2.05) is 27.7 Å². The van der Waals surface area contributed by atoms with E-state index in [1.165, 1.54) is 6.08 Å². The Balaban J connectivity index is 2.55. The molecule has 2 N–H and O–H groups in total. The molecule has 1 aliphatic rings. The minimum absolute atomic E-state index is 0.130. The van der Waals surface area contributed by atoms with Crippen LogP contribution in [0.4, 0.5) is 4.79 Å². The number of nitrogens with zero attached hydrogens (tertiary/aromatic N) is 5. The van der Waals surface area contributed by atoms with Gasteiger partial charge in [-0.3, -0.25) is 19.4 Å². The first-order valence-corrected chi connectivity index (χ1v) is 15.0. The first-order chi connectivity index (χ1) is 19.9. The van der Waals surface area contributed by atoms with Crippen LogP contribution in [-0.4, -0.2) is 75.9 Å². The number of carbonyl (C=O) groups excluding carboxylic acids is 3. The third-order valence-electron chi connectivity index (χ3n) is 8.99.